The zero-order valence-corrected chi connectivity index (χ0v) is 9.79. The van der Waals surface area contributed by atoms with Crippen LogP contribution in [0.1, 0.15) is 6.92 Å². The smallest absolute Gasteiger partial charge is 0.269 e. The van der Waals surface area contributed by atoms with Gasteiger partial charge >= 0.3 is 14.1 Å². The molecular formula is C8H10ClN2O3S+. The Bertz CT molecular complexity index is 486. The number of aromatic nitrogens is 1. The van der Waals surface area contributed by atoms with E-state index < -0.39 is 9.05 Å². The van der Waals surface area contributed by atoms with Gasteiger partial charge in [0.05, 0.1) is 7.05 Å². The molecule has 0 aromatic carbocycles. The highest BCUT2D eigenvalue weighted by atomic mass is 35.7. The summed E-state index contributed by atoms with van der Waals surface area (Å²) in [5.41, 5.74) is 0. The van der Waals surface area contributed by atoms with Gasteiger partial charge in [-0.2, -0.15) is 0 Å². The SMILES string of the molecule is CC(=O)N(C)[n+]1ccccc1S(=O)(=O)Cl. The second-order valence-electron chi connectivity index (χ2n) is 2.86. The fourth-order valence-corrected chi connectivity index (χ4v) is 2.03. The van der Waals surface area contributed by atoms with Crippen LogP contribution >= 0.6 is 10.7 Å². The normalized spacial score (nSPS) is 11.1. The van der Waals surface area contributed by atoms with Crippen LogP contribution < -0.4 is 9.69 Å². The number of carbonyl (C=O) groups is 1. The first-order valence-corrected chi connectivity index (χ1v) is 6.35. The molecule has 0 aliphatic carbocycles. The summed E-state index contributed by atoms with van der Waals surface area (Å²) in [7, 11) is 2.81. The summed E-state index contributed by atoms with van der Waals surface area (Å²) in [6, 6.07) is 4.45. The van der Waals surface area contributed by atoms with Gasteiger partial charge in [0.15, 0.2) is 0 Å². The summed E-state index contributed by atoms with van der Waals surface area (Å²) in [5, 5.41) is 0.999. The molecule has 1 aromatic rings. The number of hydrogen-bond donors (Lipinski definition) is 0. The molecule has 0 spiro atoms. The minimum absolute atomic E-state index is 0.149. The van der Waals surface area contributed by atoms with E-state index in [1.807, 2.05) is 0 Å². The molecule has 0 aliphatic rings. The minimum Gasteiger partial charge on any atom is -0.269 e. The van der Waals surface area contributed by atoms with Crippen molar-refractivity contribution >= 4 is 25.6 Å². The van der Waals surface area contributed by atoms with Gasteiger partial charge in [0, 0.05) is 29.7 Å². The predicted octanol–water partition coefficient (Wildman–Crippen LogP) is 0.0159. The lowest BCUT2D eigenvalue weighted by atomic mass is 10.5. The number of halogens is 1. The molecule has 0 saturated carbocycles. The fraction of sp³-hybridized carbons (Fsp3) is 0.250. The lowest BCUT2D eigenvalue weighted by molar-refractivity contribution is -0.717. The van der Waals surface area contributed by atoms with Crippen molar-refractivity contribution in [2.24, 2.45) is 0 Å². The Labute approximate surface area is 92.3 Å². The molecule has 7 heteroatoms. The van der Waals surface area contributed by atoms with Crippen molar-refractivity contribution in [1.29, 1.82) is 0 Å². The Balaban J connectivity index is 3.37. The Morgan fingerprint density at radius 2 is 2.07 bits per heavy atom. The Kier molecular flexibility index (Phi) is 3.31. The van der Waals surface area contributed by atoms with Gasteiger partial charge in [0.25, 0.3) is 5.91 Å². The topological polar surface area (TPSA) is 58.3 Å². The summed E-state index contributed by atoms with van der Waals surface area (Å²) in [4.78, 5) is 11.1. The van der Waals surface area contributed by atoms with Crippen molar-refractivity contribution < 1.29 is 17.9 Å². The first kappa shape index (κ1) is 11.9. The van der Waals surface area contributed by atoms with Gasteiger partial charge in [0.1, 0.15) is 0 Å². The van der Waals surface area contributed by atoms with Gasteiger partial charge in [-0.15, -0.1) is 5.01 Å². The Morgan fingerprint density at radius 1 is 1.47 bits per heavy atom. The van der Waals surface area contributed by atoms with Crippen molar-refractivity contribution in [3.63, 3.8) is 0 Å². The summed E-state index contributed by atoms with van der Waals surface area (Å²) >= 11 is 0. The molecule has 82 valence electrons. The van der Waals surface area contributed by atoms with E-state index in [-0.39, 0.29) is 10.9 Å². The summed E-state index contributed by atoms with van der Waals surface area (Å²) in [5.74, 6) is -0.298. The van der Waals surface area contributed by atoms with E-state index in [2.05, 4.69) is 0 Å². The number of amides is 1. The van der Waals surface area contributed by atoms with Crippen molar-refractivity contribution in [3.05, 3.63) is 24.4 Å². The molecule has 1 rings (SSSR count). The van der Waals surface area contributed by atoms with Crippen LogP contribution in [-0.2, 0) is 13.8 Å². The predicted molar refractivity (Wildman–Crippen MR) is 54.5 cm³/mol. The van der Waals surface area contributed by atoms with Gasteiger partial charge in [-0.1, -0.05) is 4.68 Å². The zero-order chi connectivity index (χ0) is 11.6. The molecule has 0 aliphatic heterocycles. The molecule has 15 heavy (non-hydrogen) atoms. The molecule has 0 N–H and O–H groups in total. The maximum absolute atomic E-state index is 11.2. The van der Waals surface area contributed by atoms with Gasteiger partial charge in [-0.05, 0) is 6.07 Å². The highest BCUT2D eigenvalue weighted by Crippen LogP contribution is 2.08. The number of hydrogen-bond acceptors (Lipinski definition) is 3. The quantitative estimate of drug-likeness (QED) is 0.548. The first-order chi connectivity index (χ1) is 6.84. The standard InChI is InChI=1S/C8H10ClN2O3S/c1-7(12)10(2)11-6-4-3-5-8(11)15(9,13)14/h3-6H,1-2H3/q+1. The molecule has 0 unspecified atom stereocenters. The first-order valence-electron chi connectivity index (χ1n) is 4.04. The molecule has 1 aromatic heterocycles. The van der Waals surface area contributed by atoms with Crippen molar-refractivity contribution in [2.45, 2.75) is 11.9 Å². The maximum Gasteiger partial charge on any atom is 0.341 e. The van der Waals surface area contributed by atoms with E-state index in [1.165, 1.54) is 37.0 Å². The monoisotopic (exact) mass is 249 g/mol. The number of pyridine rings is 1. The third-order valence-electron chi connectivity index (χ3n) is 1.83. The fourth-order valence-electron chi connectivity index (χ4n) is 1.01. The van der Waals surface area contributed by atoms with Gasteiger partial charge in [-0.25, -0.2) is 8.42 Å². The molecule has 1 amide bonds. The van der Waals surface area contributed by atoms with E-state index in [0.717, 1.165) is 5.01 Å². The van der Waals surface area contributed by atoms with Gasteiger partial charge in [-0.3, -0.25) is 4.79 Å². The van der Waals surface area contributed by atoms with Gasteiger partial charge < -0.3 is 0 Å². The second kappa shape index (κ2) is 4.16. The van der Waals surface area contributed by atoms with Crippen LogP contribution in [0.3, 0.4) is 0 Å². The van der Waals surface area contributed by atoms with E-state index in [0.29, 0.717) is 0 Å². The van der Waals surface area contributed by atoms with Crippen LogP contribution in [-0.4, -0.2) is 21.4 Å². The Hall–Kier alpha value is -1.14. The number of rotatable bonds is 2. The van der Waals surface area contributed by atoms with Crippen molar-refractivity contribution in [2.75, 3.05) is 12.1 Å². The molecule has 0 atom stereocenters. The molecule has 5 nitrogen and oxygen atoms in total. The van der Waals surface area contributed by atoms with Crippen LogP contribution in [0.5, 0.6) is 0 Å². The van der Waals surface area contributed by atoms with Crippen LogP contribution in [0.25, 0.3) is 0 Å². The van der Waals surface area contributed by atoms with Crippen molar-refractivity contribution in [3.8, 4) is 0 Å². The summed E-state index contributed by atoms with van der Waals surface area (Å²) < 4.78 is 23.5. The maximum atomic E-state index is 11.2. The van der Waals surface area contributed by atoms with Gasteiger partial charge in [0.2, 0.25) is 6.20 Å². The summed E-state index contributed by atoms with van der Waals surface area (Å²) in [6.07, 6.45) is 1.44. The largest absolute Gasteiger partial charge is 0.341 e. The second-order valence-corrected chi connectivity index (χ2v) is 5.38. The molecule has 1 heterocycles. The van der Waals surface area contributed by atoms with Crippen LogP contribution in [0.15, 0.2) is 29.4 Å². The van der Waals surface area contributed by atoms with E-state index >= 15 is 0 Å². The molecular weight excluding hydrogens is 240 g/mol. The highest BCUT2D eigenvalue weighted by molar-refractivity contribution is 8.13. The third kappa shape index (κ3) is 2.66. The van der Waals surface area contributed by atoms with Crippen molar-refractivity contribution in [1.82, 2.24) is 0 Å². The molecule has 0 radical (unpaired) electrons. The summed E-state index contributed by atoms with van der Waals surface area (Å²) in [6.45, 7) is 1.32. The molecule has 0 fully saturated rings. The van der Waals surface area contributed by atoms with E-state index in [4.69, 9.17) is 10.7 Å². The lowest BCUT2D eigenvalue weighted by Gasteiger charge is -2.08. The molecule has 0 bridgehead atoms. The zero-order valence-electron chi connectivity index (χ0n) is 8.21. The minimum atomic E-state index is -3.87. The number of nitrogens with zero attached hydrogens (tertiary/aromatic N) is 2. The average molecular weight is 250 g/mol. The lowest BCUT2D eigenvalue weighted by Crippen LogP contribution is -2.59. The highest BCUT2D eigenvalue weighted by Gasteiger charge is 2.27. The Morgan fingerprint density at radius 3 is 2.53 bits per heavy atom. The van der Waals surface area contributed by atoms with E-state index in [9.17, 15) is 13.2 Å². The van der Waals surface area contributed by atoms with Crippen LogP contribution in [0.2, 0.25) is 0 Å². The van der Waals surface area contributed by atoms with E-state index in [1.54, 1.807) is 6.07 Å². The van der Waals surface area contributed by atoms with Crippen LogP contribution in [0.4, 0.5) is 0 Å². The number of carbonyl (C=O) groups excluding carboxylic acids is 1. The third-order valence-corrected chi connectivity index (χ3v) is 3.13. The molecule has 0 saturated heterocycles. The average Bonchev–Trinajstić information content (AvgIpc) is 2.15. The van der Waals surface area contributed by atoms with Crippen LogP contribution in [0, 0.1) is 0 Å².